The number of hydrogen-bond donors (Lipinski definition) is 1. The molecule has 0 aliphatic heterocycles. The van der Waals surface area contributed by atoms with Gasteiger partial charge in [-0.15, -0.1) is 0 Å². The lowest BCUT2D eigenvalue weighted by molar-refractivity contribution is -0.116. The van der Waals surface area contributed by atoms with Crippen molar-refractivity contribution in [1.29, 1.82) is 0 Å². The minimum Gasteiger partial charge on any atom is -0.493 e. The van der Waals surface area contributed by atoms with E-state index < -0.39 is 0 Å². The zero-order valence-corrected chi connectivity index (χ0v) is 18.9. The van der Waals surface area contributed by atoms with Crippen LogP contribution in [0.4, 0.5) is 5.82 Å². The smallest absolute Gasteiger partial charge is 0.227 e. The highest BCUT2D eigenvalue weighted by Crippen LogP contribution is 2.31. The number of nitrogens with zero attached hydrogens (tertiary/aromatic N) is 4. The number of anilines is 1. The van der Waals surface area contributed by atoms with Gasteiger partial charge in [0, 0.05) is 35.1 Å². The molecule has 0 unspecified atom stereocenters. The van der Waals surface area contributed by atoms with E-state index in [0.29, 0.717) is 47.0 Å². The van der Waals surface area contributed by atoms with E-state index in [0.717, 1.165) is 11.1 Å². The predicted molar refractivity (Wildman–Crippen MR) is 123 cm³/mol. The first-order valence-corrected chi connectivity index (χ1v) is 10.5. The summed E-state index contributed by atoms with van der Waals surface area (Å²) in [7, 11) is 3.17. The Hall–Kier alpha value is -3.85. The van der Waals surface area contributed by atoms with Gasteiger partial charge in [0.05, 0.1) is 27.0 Å². The van der Waals surface area contributed by atoms with Crippen LogP contribution in [0, 0.1) is 0 Å². The monoisotopic (exact) mass is 467 g/mol. The van der Waals surface area contributed by atoms with Crippen molar-refractivity contribution < 1.29 is 18.8 Å². The van der Waals surface area contributed by atoms with Crippen LogP contribution in [-0.2, 0) is 17.8 Å². The molecule has 0 saturated carbocycles. The predicted octanol–water partition coefficient (Wildman–Crippen LogP) is 4.22. The van der Waals surface area contributed by atoms with E-state index >= 15 is 0 Å². The van der Waals surface area contributed by atoms with Crippen molar-refractivity contribution in [1.82, 2.24) is 19.9 Å². The second kappa shape index (κ2) is 10.2. The molecule has 10 heteroatoms. The minimum absolute atomic E-state index is 0.177. The van der Waals surface area contributed by atoms with Crippen LogP contribution >= 0.6 is 11.6 Å². The summed E-state index contributed by atoms with van der Waals surface area (Å²) in [6.07, 6.45) is 2.11. The van der Waals surface area contributed by atoms with E-state index in [1.165, 1.54) is 0 Å². The molecule has 9 nitrogen and oxygen atoms in total. The number of rotatable bonds is 9. The number of aryl methyl sites for hydroxylation is 1. The zero-order valence-electron chi connectivity index (χ0n) is 18.1. The van der Waals surface area contributed by atoms with Gasteiger partial charge in [-0.1, -0.05) is 28.9 Å². The zero-order chi connectivity index (χ0) is 23.2. The van der Waals surface area contributed by atoms with Crippen molar-refractivity contribution in [2.24, 2.45) is 0 Å². The number of carbonyl (C=O) groups is 1. The maximum atomic E-state index is 12.5. The Balaban J connectivity index is 1.37. The van der Waals surface area contributed by atoms with Crippen molar-refractivity contribution in [3.05, 3.63) is 71.2 Å². The lowest BCUT2D eigenvalue weighted by atomic mass is 10.2. The SMILES string of the molecule is COc1cccc(Cn2nccc2NC(=O)CCc2nc(-c3ccc(Cl)cc3)no2)c1OC. The standard InChI is InChI=1S/C23H22ClN5O4/c1-31-18-5-3-4-16(22(18)32-2)14-29-19(12-13-25-29)26-20(30)10-11-21-27-23(28-33-21)15-6-8-17(24)9-7-15/h3-9,12-13H,10-11,14H2,1-2H3,(H,26,30). The molecule has 4 aromatic rings. The van der Waals surface area contributed by atoms with Gasteiger partial charge in [0.15, 0.2) is 11.5 Å². The summed E-state index contributed by atoms with van der Waals surface area (Å²) in [6.45, 7) is 0.400. The van der Waals surface area contributed by atoms with E-state index in [2.05, 4.69) is 20.6 Å². The van der Waals surface area contributed by atoms with Gasteiger partial charge in [0.2, 0.25) is 17.6 Å². The van der Waals surface area contributed by atoms with Crippen LogP contribution in [0.1, 0.15) is 17.9 Å². The first-order valence-electron chi connectivity index (χ1n) is 10.2. The Morgan fingerprint density at radius 3 is 2.70 bits per heavy atom. The highest BCUT2D eigenvalue weighted by molar-refractivity contribution is 6.30. The lowest BCUT2D eigenvalue weighted by Gasteiger charge is -2.14. The Labute approximate surface area is 195 Å². The number of amides is 1. The Kier molecular flexibility index (Phi) is 6.89. The number of hydrogen-bond acceptors (Lipinski definition) is 7. The van der Waals surface area contributed by atoms with Crippen LogP contribution in [0.5, 0.6) is 11.5 Å². The third kappa shape index (κ3) is 5.32. The van der Waals surface area contributed by atoms with E-state index in [1.54, 1.807) is 43.3 Å². The van der Waals surface area contributed by atoms with Gasteiger partial charge >= 0.3 is 0 Å². The number of ether oxygens (including phenoxy) is 2. The van der Waals surface area contributed by atoms with Gasteiger partial charge in [-0.25, -0.2) is 4.68 Å². The molecule has 2 aromatic heterocycles. The van der Waals surface area contributed by atoms with Gasteiger partial charge in [-0.3, -0.25) is 4.79 Å². The minimum atomic E-state index is -0.194. The molecular formula is C23H22ClN5O4. The van der Waals surface area contributed by atoms with Crippen LogP contribution in [-0.4, -0.2) is 40.0 Å². The topological polar surface area (TPSA) is 104 Å². The number of para-hydroxylation sites is 1. The van der Waals surface area contributed by atoms with Crippen molar-refractivity contribution in [2.75, 3.05) is 19.5 Å². The fourth-order valence-electron chi connectivity index (χ4n) is 3.30. The molecule has 1 amide bonds. The molecule has 0 aliphatic rings. The molecule has 33 heavy (non-hydrogen) atoms. The van der Waals surface area contributed by atoms with Gasteiger partial charge < -0.3 is 19.3 Å². The number of benzene rings is 2. The highest BCUT2D eigenvalue weighted by atomic mass is 35.5. The molecule has 0 aliphatic carbocycles. The largest absolute Gasteiger partial charge is 0.493 e. The maximum absolute atomic E-state index is 12.5. The van der Waals surface area contributed by atoms with E-state index in [9.17, 15) is 4.79 Å². The Bertz CT molecular complexity index is 1240. The molecule has 0 spiro atoms. The molecule has 0 fully saturated rings. The summed E-state index contributed by atoms with van der Waals surface area (Å²) in [4.78, 5) is 16.9. The molecule has 2 aromatic carbocycles. The fourth-order valence-corrected chi connectivity index (χ4v) is 3.43. The molecule has 1 N–H and O–H groups in total. The summed E-state index contributed by atoms with van der Waals surface area (Å²) in [5.41, 5.74) is 1.66. The van der Waals surface area contributed by atoms with Crippen LogP contribution in [0.25, 0.3) is 11.4 Å². The molecular weight excluding hydrogens is 446 g/mol. The average Bonchev–Trinajstić information content (AvgIpc) is 3.48. The van der Waals surface area contributed by atoms with Gasteiger partial charge in [0.1, 0.15) is 5.82 Å². The number of aromatic nitrogens is 4. The van der Waals surface area contributed by atoms with Crippen molar-refractivity contribution in [3.63, 3.8) is 0 Å². The van der Waals surface area contributed by atoms with E-state index in [-0.39, 0.29) is 12.3 Å². The lowest BCUT2D eigenvalue weighted by Crippen LogP contribution is -2.16. The van der Waals surface area contributed by atoms with Crippen molar-refractivity contribution in [3.8, 4) is 22.9 Å². The third-order valence-electron chi connectivity index (χ3n) is 4.93. The first-order chi connectivity index (χ1) is 16.1. The quantitative estimate of drug-likeness (QED) is 0.393. The second-order valence-electron chi connectivity index (χ2n) is 7.09. The molecule has 0 bridgehead atoms. The normalized spacial score (nSPS) is 10.8. The molecule has 170 valence electrons. The third-order valence-corrected chi connectivity index (χ3v) is 5.18. The van der Waals surface area contributed by atoms with Crippen LogP contribution in [0.2, 0.25) is 5.02 Å². The Morgan fingerprint density at radius 1 is 1.12 bits per heavy atom. The van der Waals surface area contributed by atoms with Gasteiger partial charge in [0.25, 0.3) is 0 Å². The molecule has 4 rings (SSSR count). The summed E-state index contributed by atoms with van der Waals surface area (Å²) in [5.74, 6) is 2.46. The Morgan fingerprint density at radius 2 is 1.94 bits per heavy atom. The summed E-state index contributed by atoms with van der Waals surface area (Å²) < 4.78 is 17.8. The number of halogens is 1. The van der Waals surface area contributed by atoms with E-state index in [4.69, 9.17) is 25.6 Å². The van der Waals surface area contributed by atoms with Gasteiger partial charge in [-0.2, -0.15) is 10.1 Å². The molecule has 0 atom stereocenters. The fraction of sp³-hybridized carbons (Fsp3) is 0.217. The number of nitrogens with one attached hydrogen (secondary N) is 1. The summed E-state index contributed by atoms with van der Waals surface area (Å²) in [6, 6.07) is 14.5. The highest BCUT2D eigenvalue weighted by Gasteiger charge is 2.15. The molecule has 0 radical (unpaired) electrons. The van der Waals surface area contributed by atoms with Crippen LogP contribution < -0.4 is 14.8 Å². The number of carbonyl (C=O) groups excluding carboxylic acids is 1. The van der Waals surface area contributed by atoms with Crippen molar-refractivity contribution >= 4 is 23.3 Å². The molecule has 2 heterocycles. The van der Waals surface area contributed by atoms with Crippen molar-refractivity contribution in [2.45, 2.75) is 19.4 Å². The van der Waals surface area contributed by atoms with Gasteiger partial charge in [-0.05, 0) is 30.3 Å². The average molecular weight is 468 g/mol. The maximum Gasteiger partial charge on any atom is 0.227 e. The molecule has 0 saturated heterocycles. The number of methoxy groups -OCH3 is 2. The summed E-state index contributed by atoms with van der Waals surface area (Å²) >= 11 is 5.91. The first kappa shape index (κ1) is 22.3. The second-order valence-corrected chi connectivity index (χ2v) is 7.53. The van der Waals surface area contributed by atoms with Crippen LogP contribution in [0.15, 0.2) is 59.3 Å². The van der Waals surface area contributed by atoms with Crippen LogP contribution in [0.3, 0.4) is 0 Å². The van der Waals surface area contributed by atoms with E-state index in [1.807, 2.05) is 30.3 Å². The summed E-state index contributed by atoms with van der Waals surface area (Å²) in [5, 5.41) is 11.8.